The third-order valence-corrected chi connectivity index (χ3v) is 8.23. The number of hydrogen-bond acceptors (Lipinski definition) is 6. The van der Waals surface area contributed by atoms with Crippen LogP contribution in [0.5, 0.6) is 5.75 Å². The zero-order valence-electron chi connectivity index (χ0n) is 24.6. The average molecular weight is 584 g/mol. The van der Waals surface area contributed by atoms with Crippen LogP contribution < -0.4 is 4.74 Å². The minimum Gasteiger partial charge on any atom is -0.454 e. The van der Waals surface area contributed by atoms with Crippen LogP contribution in [0.4, 0.5) is 0 Å². The van der Waals surface area contributed by atoms with E-state index in [1.807, 2.05) is 43.3 Å². The number of ketones is 1. The highest BCUT2D eigenvalue weighted by Crippen LogP contribution is 2.34. The minimum absolute atomic E-state index is 0.312. The highest BCUT2D eigenvalue weighted by Gasteiger charge is 2.19. The first-order valence-electron chi connectivity index (χ1n) is 15.0. The quantitative estimate of drug-likeness (QED) is 0.103. The second-order valence-corrected chi connectivity index (χ2v) is 11.3. The Bertz CT molecular complexity index is 1800. The summed E-state index contributed by atoms with van der Waals surface area (Å²) >= 11 is 0. The number of ether oxygens (including phenoxy) is 2. The standard InChI is InChI=1S/C38H33NO5/c1-25-11-13-30(14-12-25)37(41)44-31-21-19-29(20-22-31)36(40)24-43-38(42)33-23-35(39-34-10-6-5-9-32(33)34)28-17-15-27(16-18-28)26-7-3-2-4-8-26/h5-6,9-23,26H,2-4,7-8,24H2,1H3. The first-order chi connectivity index (χ1) is 21.4. The molecule has 1 aromatic heterocycles. The Balaban J connectivity index is 1.13. The van der Waals surface area contributed by atoms with Crippen molar-refractivity contribution < 1.29 is 23.9 Å². The van der Waals surface area contributed by atoms with Crippen LogP contribution in [0.1, 0.15) is 80.2 Å². The SMILES string of the molecule is Cc1ccc(C(=O)Oc2ccc(C(=O)COC(=O)c3cc(-c4ccc(C5CCCCC5)cc4)nc4ccccc34)cc2)cc1. The van der Waals surface area contributed by atoms with E-state index < -0.39 is 18.5 Å². The van der Waals surface area contributed by atoms with Crippen LogP contribution in [0.3, 0.4) is 0 Å². The summed E-state index contributed by atoms with van der Waals surface area (Å²) < 4.78 is 10.9. The molecule has 1 aliphatic rings. The first-order valence-corrected chi connectivity index (χ1v) is 15.0. The lowest BCUT2D eigenvalue weighted by Crippen LogP contribution is -2.15. The maximum absolute atomic E-state index is 13.3. The van der Waals surface area contributed by atoms with Gasteiger partial charge < -0.3 is 9.47 Å². The molecule has 6 heteroatoms. The summed E-state index contributed by atoms with van der Waals surface area (Å²) in [5, 5.41) is 0.660. The normalized spacial score (nSPS) is 13.4. The van der Waals surface area contributed by atoms with Gasteiger partial charge in [-0.05, 0) is 79.8 Å². The van der Waals surface area contributed by atoms with E-state index in [9.17, 15) is 14.4 Å². The van der Waals surface area contributed by atoms with E-state index in [4.69, 9.17) is 14.5 Å². The Morgan fingerprint density at radius 2 is 1.43 bits per heavy atom. The third kappa shape index (κ3) is 6.60. The van der Waals surface area contributed by atoms with Gasteiger partial charge in [-0.3, -0.25) is 4.79 Å². The molecule has 6 rings (SSSR count). The number of hydrogen-bond donors (Lipinski definition) is 0. The van der Waals surface area contributed by atoms with E-state index in [0.29, 0.717) is 45.0 Å². The molecule has 1 aliphatic carbocycles. The van der Waals surface area contributed by atoms with E-state index in [2.05, 4.69) is 24.3 Å². The molecule has 1 fully saturated rings. The van der Waals surface area contributed by atoms with Crippen molar-refractivity contribution in [2.45, 2.75) is 44.9 Å². The summed E-state index contributed by atoms with van der Waals surface area (Å²) in [5.41, 5.74) is 5.80. The highest BCUT2D eigenvalue weighted by atomic mass is 16.5. The number of fused-ring (bicyclic) bond motifs is 1. The minimum atomic E-state index is -0.597. The summed E-state index contributed by atoms with van der Waals surface area (Å²) in [4.78, 5) is 43.4. The number of nitrogens with zero attached hydrogens (tertiary/aromatic N) is 1. The fraction of sp³-hybridized carbons (Fsp3) is 0.211. The number of pyridine rings is 1. The maximum atomic E-state index is 13.3. The Labute approximate surface area is 256 Å². The molecule has 0 aliphatic heterocycles. The number of Topliss-reactive ketones (excluding diaryl/α,β-unsaturated/α-hetero) is 1. The van der Waals surface area contributed by atoms with E-state index in [-0.39, 0.29) is 5.78 Å². The van der Waals surface area contributed by atoms with Crippen molar-refractivity contribution >= 4 is 28.6 Å². The molecule has 0 saturated heterocycles. The summed E-state index contributed by atoms with van der Waals surface area (Å²) in [6.07, 6.45) is 6.34. The van der Waals surface area contributed by atoms with Gasteiger partial charge in [-0.15, -0.1) is 0 Å². The Morgan fingerprint density at radius 3 is 2.16 bits per heavy atom. The smallest absolute Gasteiger partial charge is 0.343 e. The lowest BCUT2D eigenvalue weighted by atomic mass is 9.84. The van der Waals surface area contributed by atoms with E-state index >= 15 is 0 Å². The summed E-state index contributed by atoms with van der Waals surface area (Å²) in [5.74, 6) is -0.531. The molecule has 0 radical (unpaired) electrons. The predicted octanol–water partition coefficient (Wildman–Crippen LogP) is 8.52. The predicted molar refractivity (Wildman–Crippen MR) is 170 cm³/mol. The number of para-hydroxylation sites is 1. The van der Waals surface area contributed by atoms with Gasteiger partial charge in [0.05, 0.1) is 22.3 Å². The Morgan fingerprint density at radius 1 is 0.750 bits per heavy atom. The summed E-state index contributed by atoms with van der Waals surface area (Å²) in [7, 11) is 0. The lowest BCUT2D eigenvalue weighted by molar-refractivity contribution is 0.0476. The number of carbonyl (C=O) groups is 3. The molecule has 1 saturated carbocycles. The van der Waals surface area contributed by atoms with Gasteiger partial charge >= 0.3 is 11.9 Å². The van der Waals surface area contributed by atoms with Gasteiger partial charge in [-0.25, -0.2) is 14.6 Å². The first kappa shape index (κ1) is 29.0. The van der Waals surface area contributed by atoms with Gasteiger partial charge in [-0.2, -0.15) is 0 Å². The van der Waals surface area contributed by atoms with Crippen molar-refractivity contribution in [1.29, 1.82) is 0 Å². The number of aryl methyl sites for hydroxylation is 1. The van der Waals surface area contributed by atoms with Crippen LogP contribution in [0.15, 0.2) is 103 Å². The molecular formula is C38H33NO5. The maximum Gasteiger partial charge on any atom is 0.343 e. The fourth-order valence-electron chi connectivity index (χ4n) is 5.71. The van der Waals surface area contributed by atoms with Gasteiger partial charge in [0.25, 0.3) is 0 Å². The zero-order valence-corrected chi connectivity index (χ0v) is 24.6. The topological polar surface area (TPSA) is 82.6 Å². The number of esters is 2. The fourth-order valence-corrected chi connectivity index (χ4v) is 5.71. The molecule has 0 amide bonds. The lowest BCUT2D eigenvalue weighted by Gasteiger charge is -2.22. The van der Waals surface area contributed by atoms with Gasteiger partial charge in [0, 0.05) is 16.5 Å². The monoisotopic (exact) mass is 583 g/mol. The molecule has 0 unspecified atom stereocenters. The molecule has 44 heavy (non-hydrogen) atoms. The van der Waals surface area contributed by atoms with Crippen molar-refractivity contribution in [1.82, 2.24) is 4.98 Å². The van der Waals surface area contributed by atoms with Crippen LogP contribution >= 0.6 is 0 Å². The van der Waals surface area contributed by atoms with Crippen molar-refractivity contribution in [3.8, 4) is 17.0 Å². The van der Waals surface area contributed by atoms with E-state index in [0.717, 1.165) is 11.1 Å². The van der Waals surface area contributed by atoms with Crippen molar-refractivity contribution in [3.63, 3.8) is 0 Å². The van der Waals surface area contributed by atoms with Crippen LogP contribution in [-0.2, 0) is 4.74 Å². The van der Waals surface area contributed by atoms with Gasteiger partial charge in [0.1, 0.15) is 5.75 Å². The molecule has 0 spiro atoms. The van der Waals surface area contributed by atoms with Gasteiger partial charge in [0.15, 0.2) is 12.4 Å². The number of rotatable bonds is 8. The molecule has 1 heterocycles. The molecule has 6 nitrogen and oxygen atoms in total. The number of aromatic nitrogens is 1. The molecule has 0 N–H and O–H groups in total. The van der Waals surface area contributed by atoms with Crippen molar-refractivity contribution in [2.75, 3.05) is 6.61 Å². The Kier molecular flexibility index (Phi) is 8.59. The highest BCUT2D eigenvalue weighted by molar-refractivity contribution is 6.06. The van der Waals surface area contributed by atoms with Crippen molar-refractivity contribution in [2.24, 2.45) is 0 Å². The molecule has 5 aromatic rings. The molecule has 4 aromatic carbocycles. The van der Waals surface area contributed by atoms with E-state index in [1.54, 1.807) is 42.5 Å². The van der Waals surface area contributed by atoms with Crippen LogP contribution in [0.2, 0.25) is 0 Å². The molecular weight excluding hydrogens is 550 g/mol. The van der Waals surface area contributed by atoms with Crippen molar-refractivity contribution in [3.05, 3.63) is 131 Å². The molecule has 220 valence electrons. The summed E-state index contributed by atoms with van der Waals surface area (Å²) in [6.45, 7) is 1.51. The second-order valence-electron chi connectivity index (χ2n) is 11.3. The van der Waals surface area contributed by atoms with E-state index in [1.165, 1.54) is 37.7 Å². The van der Waals surface area contributed by atoms with Crippen LogP contribution in [-0.4, -0.2) is 29.3 Å². The number of benzene rings is 4. The second kappa shape index (κ2) is 13.0. The molecule has 0 atom stereocenters. The number of carbonyl (C=O) groups excluding carboxylic acids is 3. The van der Waals surface area contributed by atoms with Gasteiger partial charge in [0.2, 0.25) is 0 Å². The zero-order chi connectivity index (χ0) is 30.5. The average Bonchev–Trinajstić information content (AvgIpc) is 3.07. The van der Waals surface area contributed by atoms with Crippen LogP contribution in [0.25, 0.3) is 22.2 Å². The summed E-state index contributed by atoms with van der Waals surface area (Å²) in [6, 6.07) is 30.9. The Hall–Kier alpha value is -5.10. The molecule has 0 bridgehead atoms. The van der Waals surface area contributed by atoms with Gasteiger partial charge in [-0.1, -0.05) is 79.4 Å². The largest absolute Gasteiger partial charge is 0.454 e. The van der Waals surface area contributed by atoms with Crippen LogP contribution in [0, 0.1) is 6.92 Å². The third-order valence-electron chi connectivity index (χ3n) is 8.23.